The lowest BCUT2D eigenvalue weighted by Crippen LogP contribution is -2.37. The molecule has 1 aliphatic carbocycles. The monoisotopic (exact) mass is 247 g/mol. The van der Waals surface area contributed by atoms with Gasteiger partial charge < -0.3 is 5.32 Å². The van der Waals surface area contributed by atoms with Crippen LogP contribution in [0.4, 0.5) is 13.2 Å². The van der Waals surface area contributed by atoms with Crippen molar-refractivity contribution in [3.05, 3.63) is 0 Å². The van der Waals surface area contributed by atoms with E-state index in [0.717, 1.165) is 6.42 Å². The standard InChI is InChI=1S/C13H20F3N/c1-3-4-5-12(17-2)10-6-8-11(9-7-10)13(14,15)16/h10-12,17H,5-9H2,1-2H3. The summed E-state index contributed by atoms with van der Waals surface area (Å²) in [4.78, 5) is 0. The Balaban J connectivity index is 2.46. The third-order valence-corrected chi connectivity index (χ3v) is 3.67. The second kappa shape index (κ2) is 6.30. The van der Waals surface area contributed by atoms with Crippen LogP contribution >= 0.6 is 0 Å². The van der Waals surface area contributed by atoms with Gasteiger partial charge in [0.2, 0.25) is 0 Å². The molecule has 98 valence electrons. The first-order valence-corrected chi connectivity index (χ1v) is 6.12. The van der Waals surface area contributed by atoms with Crippen molar-refractivity contribution in [2.45, 2.75) is 51.2 Å². The average Bonchev–Trinajstić information content (AvgIpc) is 2.29. The first-order valence-electron chi connectivity index (χ1n) is 6.12. The molecule has 0 aromatic heterocycles. The highest BCUT2D eigenvalue weighted by Crippen LogP contribution is 2.40. The number of halogens is 3. The van der Waals surface area contributed by atoms with E-state index in [0.29, 0.717) is 18.8 Å². The molecule has 1 N–H and O–H groups in total. The number of hydrogen-bond donors (Lipinski definition) is 1. The van der Waals surface area contributed by atoms with Gasteiger partial charge in [-0.15, -0.1) is 11.8 Å². The van der Waals surface area contributed by atoms with Gasteiger partial charge in [-0.2, -0.15) is 13.2 Å². The van der Waals surface area contributed by atoms with Crippen LogP contribution < -0.4 is 5.32 Å². The van der Waals surface area contributed by atoms with Crippen LogP contribution in [0, 0.1) is 23.7 Å². The van der Waals surface area contributed by atoms with E-state index in [1.165, 1.54) is 0 Å². The third kappa shape index (κ3) is 4.23. The number of nitrogens with one attached hydrogen (secondary N) is 1. The van der Waals surface area contributed by atoms with Crippen molar-refractivity contribution in [2.75, 3.05) is 7.05 Å². The van der Waals surface area contributed by atoms with Crippen LogP contribution in [0.1, 0.15) is 39.0 Å². The molecule has 0 spiro atoms. The first-order chi connectivity index (χ1) is 7.99. The summed E-state index contributed by atoms with van der Waals surface area (Å²) < 4.78 is 37.5. The minimum atomic E-state index is -4.01. The second-order valence-electron chi connectivity index (χ2n) is 4.68. The fourth-order valence-corrected chi connectivity index (χ4v) is 2.57. The van der Waals surface area contributed by atoms with Crippen LogP contribution in [0.3, 0.4) is 0 Å². The Morgan fingerprint density at radius 2 is 1.82 bits per heavy atom. The molecule has 0 saturated heterocycles. The summed E-state index contributed by atoms with van der Waals surface area (Å²) in [6, 6.07) is 0.233. The molecule has 1 atom stereocenters. The predicted molar refractivity (Wildman–Crippen MR) is 62.4 cm³/mol. The minimum Gasteiger partial charge on any atom is -0.316 e. The van der Waals surface area contributed by atoms with Crippen molar-refractivity contribution in [3.8, 4) is 11.8 Å². The van der Waals surface area contributed by atoms with E-state index < -0.39 is 12.1 Å². The van der Waals surface area contributed by atoms with Crippen molar-refractivity contribution in [3.63, 3.8) is 0 Å². The van der Waals surface area contributed by atoms with Gasteiger partial charge in [0.05, 0.1) is 5.92 Å². The fourth-order valence-electron chi connectivity index (χ4n) is 2.57. The summed E-state index contributed by atoms with van der Waals surface area (Å²) in [7, 11) is 1.86. The molecule has 0 radical (unpaired) electrons. The maximum absolute atomic E-state index is 12.5. The minimum absolute atomic E-state index is 0.233. The van der Waals surface area contributed by atoms with E-state index >= 15 is 0 Å². The van der Waals surface area contributed by atoms with Crippen molar-refractivity contribution < 1.29 is 13.2 Å². The number of hydrogen-bond acceptors (Lipinski definition) is 1. The normalized spacial score (nSPS) is 27.1. The molecule has 0 aliphatic heterocycles. The Bertz CT molecular complexity index is 279. The van der Waals surface area contributed by atoms with Gasteiger partial charge >= 0.3 is 6.18 Å². The number of rotatable bonds is 3. The quantitative estimate of drug-likeness (QED) is 0.754. The van der Waals surface area contributed by atoms with E-state index in [-0.39, 0.29) is 18.9 Å². The van der Waals surface area contributed by atoms with Crippen LogP contribution in [0.2, 0.25) is 0 Å². The van der Waals surface area contributed by atoms with E-state index in [1.54, 1.807) is 6.92 Å². The van der Waals surface area contributed by atoms with Crippen LogP contribution in [-0.2, 0) is 0 Å². The molecule has 0 aromatic carbocycles. The Morgan fingerprint density at radius 1 is 1.24 bits per heavy atom. The zero-order valence-electron chi connectivity index (χ0n) is 10.4. The maximum Gasteiger partial charge on any atom is 0.391 e. The Hall–Kier alpha value is -0.690. The fraction of sp³-hybridized carbons (Fsp3) is 0.846. The van der Waals surface area contributed by atoms with Crippen molar-refractivity contribution in [1.29, 1.82) is 0 Å². The van der Waals surface area contributed by atoms with Gasteiger partial charge in [-0.25, -0.2) is 0 Å². The summed E-state index contributed by atoms with van der Waals surface area (Å²) in [5.74, 6) is 5.08. The summed E-state index contributed by atoms with van der Waals surface area (Å²) in [6.07, 6.45) is -1.43. The Morgan fingerprint density at radius 3 is 2.24 bits per heavy atom. The molecule has 1 aliphatic rings. The molecule has 1 rings (SSSR count). The van der Waals surface area contributed by atoms with Gasteiger partial charge in [0.15, 0.2) is 0 Å². The molecule has 4 heteroatoms. The van der Waals surface area contributed by atoms with Gasteiger partial charge in [0.1, 0.15) is 0 Å². The predicted octanol–water partition coefficient (Wildman–Crippen LogP) is 3.36. The van der Waals surface area contributed by atoms with Gasteiger partial charge in [-0.05, 0) is 45.6 Å². The molecular formula is C13H20F3N. The van der Waals surface area contributed by atoms with Gasteiger partial charge in [0, 0.05) is 12.5 Å². The first kappa shape index (κ1) is 14.4. The topological polar surface area (TPSA) is 12.0 Å². The Labute approximate surface area is 101 Å². The molecule has 0 bridgehead atoms. The van der Waals surface area contributed by atoms with Crippen LogP contribution in [0.5, 0.6) is 0 Å². The number of alkyl halides is 3. The lowest BCUT2D eigenvalue weighted by atomic mass is 9.77. The molecule has 1 saturated carbocycles. The highest BCUT2D eigenvalue weighted by Gasteiger charge is 2.42. The molecule has 0 amide bonds. The summed E-state index contributed by atoms with van der Waals surface area (Å²) in [5, 5.41) is 3.18. The van der Waals surface area contributed by atoms with Crippen LogP contribution in [-0.4, -0.2) is 19.3 Å². The summed E-state index contributed by atoms with van der Waals surface area (Å²) in [6.45, 7) is 1.78. The van der Waals surface area contributed by atoms with Crippen LogP contribution in [0.25, 0.3) is 0 Å². The summed E-state index contributed by atoms with van der Waals surface area (Å²) >= 11 is 0. The van der Waals surface area contributed by atoms with E-state index in [9.17, 15) is 13.2 Å². The van der Waals surface area contributed by atoms with Crippen molar-refractivity contribution >= 4 is 0 Å². The largest absolute Gasteiger partial charge is 0.391 e. The SMILES string of the molecule is CC#CCC(NC)C1CCC(C(F)(F)F)CC1. The van der Waals surface area contributed by atoms with Gasteiger partial charge in [-0.3, -0.25) is 0 Å². The third-order valence-electron chi connectivity index (χ3n) is 3.67. The van der Waals surface area contributed by atoms with Gasteiger partial charge in [-0.1, -0.05) is 0 Å². The lowest BCUT2D eigenvalue weighted by Gasteiger charge is -2.33. The lowest BCUT2D eigenvalue weighted by molar-refractivity contribution is -0.184. The highest BCUT2D eigenvalue weighted by atomic mass is 19.4. The van der Waals surface area contributed by atoms with Crippen molar-refractivity contribution in [1.82, 2.24) is 5.32 Å². The molecule has 0 aromatic rings. The summed E-state index contributed by atoms with van der Waals surface area (Å²) in [5.41, 5.74) is 0. The average molecular weight is 247 g/mol. The second-order valence-corrected chi connectivity index (χ2v) is 4.68. The van der Waals surface area contributed by atoms with E-state index in [4.69, 9.17) is 0 Å². The molecular weight excluding hydrogens is 227 g/mol. The van der Waals surface area contributed by atoms with E-state index in [1.807, 2.05) is 7.05 Å². The molecule has 17 heavy (non-hydrogen) atoms. The smallest absolute Gasteiger partial charge is 0.316 e. The zero-order valence-corrected chi connectivity index (χ0v) is 10.4. The highest BCUT2D eigenvalue weighted by molar-refractivity contribution is 4.99. The molecule has 1 nitrogen and oxygen atoms in total. The van der Waals surface area contributed by atoms with Crippen LogP contribution in [0.15, 0.2) is 0 Å². The van der Waals surface area contributed by atoms with Crippen molar-refractivity contribution in [2.24, 2.45) is 11.8 Å². The maximum atomic E-state index is 12.5. The molecule has 0 heterocycles. The zero-order chi connectivity index (χ0) is 12.9. The van der Waals surface area contributed by atoms with E-state index in [2.05, 4.69) is 17.2 Å². The molecule has 1 unspecified atom stereocenters. The Kier molecular flexibility index (Phi) is 5.32. The van der Waals surface area contributed by atoms with Gasteiger partial charge in [0.25, 0.3) is 0 Å². The molecule has 1 fully saturated rings.